The molecule has 3 aromatic rings. The Balaban J connectivity index is 2.34. The summed E-state index contributed by atoms with van der Waals surface area (Å²) in [5.74, 6) is 0. The van der Waals surface area contributed by atoms with Crippen molar-refractivity contribution in [1.29, 1.82) is 0 Å². The molecule has 0 aliphatic heterocycles. The number of rotatable bonds is 2. The minimum Gasteiger partial charge on any atom is -0.398 e. The fraction of sp³-hybridized carbons (Fsp3) is 0.0667. The summed E-state index contributed by atoms with van der Waals surface area (Å²) in [4.78, 5) is 3.17. The molecule has 1 heterocycles. The lowest BCUT2D eigenvalue weighted by atomic mass is 10.2. The zero-order chi connectivity index (χ0) is 16.9. The number of halogens is 3. The highest BCUT2D eigenvalue weighted by Gasteiger charge is 2.26. The average molecular weight is 390 g/mol. The molecule has 0 amide bonds. The number of benzene rings is 2. The third-order valence-electron chi connectivity index (χ3n) is 3.50. The van der Waals surface area contributed by atoms with E-state index in [4.69, 9.17) is 40.5 Å². The van der Waals surface area contributed by atoms with Gasteiger partial charge in [0.25, 0.3) is 0 Å². The highest BCUT2D eigenvalue weighted by molar-refractivity contribution is 7.91. The van der Waals surface area contributed by atoms with E-state index in [0.29, 0.717) is 32.3 Å². The van der Waals surface area contributed by atoms with Crippen LogP contribution in [0.3, 0.4) is 0 Å². The highest BCUT2D eigenvalue weighted by atomic mass is 35.5. The molecule has 0 spiro atoms. The second-order valence-corrected chi connectivity index (χ2v) is 8.21. The Bertz CT molecular complexity index is 1040. The van der Waals surface area contributed by atoms with Gasteiger partial charge in [0.1, 0.15) is 4.90 Å². The van der Waals surface area contributed by atoms with Crippen LogP contribution in [-0.4, -0.2) is 13.4 Å². The number of hydrogen-bond acceptors (Lipinski definition) is 3. The molecule has 0 radical (unpaired) electrons. The molecular formula is C15H11Cl3N2O2S. The van der Waals surface area contributed by atoms with Gasteiger partial charge in [-0.05, 0) is 37.3 Å². The van der Waals surface area contributed by atoms with Gasteiger partial charge >= 0.3 is 0 Å². The molecule has 23 heavy (non-hydrogen) atoms. The van der Waals surface area contributed by atoms with Gasteiger partial charge < -0.3 is 10.7 Å². The Kier molecular flexibility index (Phi) is 4.01. The minimum absolute atomic E-state index is 0.0526. The number of sulfone groups is 1. The van der Waals surface area contributed by atoms with E-state index in [-0.39, 0.29) is 14.8 Å². The summed E-state index contributed by atoms with van der Waals surface area (Å²) in [7, 11) is -3.81. The Morgan fingerprint density at radius 2 is 1.74 bits per heavy atom. The standard InChI is InChI=1S/C15H11Cl3N2O2S/c1-7-15(10-4-8(16)5-12(18)14(10)20-7)23(21,22)9-2-3-13(19)11(17)6-9/h2-6,20H,19H2,1H3. The van der Waals surface area contributed by atoms with Crippen LogP contribution in [0.5, 0.6) is 0 Å². The van der Waals surface area contributed by atoms with Crippen LogP contribution in [0.2, 0.25) is 15.1 Å². The fourth-order valence-corrected chi connectivity index (χ4v) is 4.91. The molecule has 3 N–H and O–H groups in total. The molecule has 0 aliphatic rings. The van der Waals surface area contributed by atoms with Crippen molar-refractivity contribution < 1.29 is 8.42 Å². The van der Waals surface area contributed by atoms with E-state index in [1.807, 2.05) is 0 Å². The Morgan fingerprint density at radius 3 is 2.39 bits per heavy atom. The average Bonchev–Trinajstić information content (AvgIpc) is 2.78. The lowest BCUT2D eigenvalue weighted by Gasteiger charge is -2.07. The number of nitrogens with two attached hydrogens (primary N) is 1. The van der Waals surface area contributed by atoms with Gasteiger partial charge in [0, 0.05) is 16.1 Å². The van der Waals surface area contributed by atoms with Gasteiger partial charge in [-0.25, -0.2) is 8.42 Å². The quantitative estimate of drug-likeness (QED) is 0.615. The van der Waals surface area contributed by atoms with Crippen molar-refractivity contribution in [3.8, 4) is 0 Å². The van der Waals surface area contributed by atoms with Crippen molar-refractivity contribution in [1.82, 2.24) is 4.98 Å². The van der Waals surface area contributed by atoms with Crippen LogP contribution in [0, 0.1) is 6.92 Å². The van der Waals surface area contributed by atoms with Crippen molar-refractivity contribution in [2.45, 2.75) is 16.7 Å². The topological polar surface area (TPSA) is 76.0 Å². The number of fused-ring (bicyclic) bond motifs is 1. The van der Waals surface area contributed by atoms with Gasteiger partial charge in [0.05, 0.1) is 26.1 Å². The van der Waals surface area contributed by atoms with Crippen molar-refractivity contribution in [3.05, 3.63) is 51.1 Å². The van der Waals surface area contributed by atoms with Crippen molar-refractivity contribution in [2.75, 3.05) is 5.73 Å². The minimum atomic E-state index is -3.81. The molecule has 0 saturated heterocycles. The van der Waals surface area contributed by atoms with Gasteiger partial charge in [-0.2, -0.15) is 0 Å². The van der Waals surface area contributed by atoms with Crippen molar-refractivity contribution >= 4 is 61.2 Å². The number of hydrogen-bond donors (Lipinski definition) is 2. The molecule has 0 fully saturated rings. The maximum Gasteiger partial charge on any atom is 0.209 e. The van der Waals surface area contributed by atoms with Crippen molar-refractivity contribution in [2.24, 2.45) is 0 Å². The van der Waals surface area contributed by atoms with E-state index in [9.17, 15) is 8.42 Å². The first kappa shape index (κ1) is 16.5. The fourth-order valence-electron chi connectivity index (χ4n) is 2.47. The molecule has 0 atom stereocenters. The Labute approximate surface area is 148 Å². The molecule has 0 bridgehead atoms. The van der Waals surface area contributed by atoms with Crippen LogP contribution in [0.4, 0.5) is 5.69 Å². The molecule has 120 valence electrons. The third-order valence-corrected chi connectivity index (χ3v) is 6.29. The zero-order valence-electron chi connectivity index (χ0n) is 11.8. The molecule has 3 rings (SSSR count). The van der Waals surface area contributed by atoms with Gasteiger partial charge in [-0.3, -0.25) is 0 Å². The molecule has 0 unspecified atom stereocenters. The van der Waals surface area contributed by atoms with Gasteiger partial charge in [-0.15, -0.1) is 0 Å². The lowest BCUT2D eigenvalue weighted by Crippen LogP contribution is -2.03. The lowest BCUT2D eigenvalue weighted by molar-refractivity contribution is 0.596. The summed E-state index contributed by atoms with van der Waals surface area (Å²) in [5.41, 5.74) is 6.95. The maximum atomic E-state index is 13.0. The summed E-state index contributed by atoms with van der Waals surface area (Å²) in [5, 5.41) is 1.33. The molecule has 2 aromatic carbocycles. The number of aromatic amines is 1. The van der Waals surface area contributed by atoms with Crippen LogP contribution in [0.15, 0.2) is 40.1 Å². The van der Waals surface area contributed by atoms with E-state index >= 15 is 0 Å². The number of aromatic nitrogens is 1. The number of anilines is 1. The van der Waals surface area contributed by atoms with E-state index in [2.05, 4.69) is 4.98 Å². The van der Waals surface area contributed by atoms with Crippen LogP contribution in [-0.2, 0) is 9.84 Å². The van der Waals surface area contributed by atoms with Gasteiger partial charge in [0.15, 0.2) is 0 Å². The number of aryl methyl sites for hydroxylation is 1. The molecule has 1 aromatic heterocycles. The van der Waals surface area contributed by atoms with Gasteiger partial charge in [0.2, 0.25) is 9.84 Å². The zero-order valence-corrected chi connectivity index (χ0v) is 14.9. The van der Waals surface area contributed by atoms with E-state index in [1.54, 1.807) is 19.1 Å². The molecule has 0 saturated carbocycles. The molecule has 8 heteroatoms. The Hall–Kier alpha value is -1.40. The molecule has 4 nitrogen and oxygen atoms in total. The van der Waals surface area contributed by atoms with Crippen LogP contribution >= 0.6 is 34.8 Å². The summed E-state index contributed by atoms with van der Waals surface area (Å²) in [6, 6.07) is 7.33. The van der Waals surface area contributed by atoms with Crippen LogP contribution in [0.25, 0.3) is 10.9 Å². The summed E-state index contributed by atoms with van der Waals surface area (Å²) < 4.78 is 26.0. The first-order valence-corrected chi connectivity index (χ1v) is 9.11. The first-order valence-electron chi connectivity index (χ1n) is 6.49. The number of H-pyrrole nitrogens is 1. The predicted octanol–water partition coefficient (Wildman–Crippen LogP) is 4.85. The summed E-state index contributed by atoms with van der Waals surface area (Å²) in [6.45, 7) is 1.66. The normalized spacial score (nSPS) is 12.0. The SMILES string of the molecule is Cc1[nH]c2c(Cl)cc(Cl)cc2c1S(=O)(=O)c1ccc(N)c(Cl)c1. The van der Waals surface area contributed by atoms with Crippen LogP contribution < -0.4 is 5.73 Å². The van der Waals surface area contributed by atoms with Crippen LogP contribution in [0.1, 0.15) is 5.69 Å². The largest absolute Gasteiger partial charge is 0.398 e. The third kappa shape index (κ3) is 2.68. The van der Waals surface area contributed by atoms with Crippen molar-refractivity contribution in [3.63, 3.8) is 0 Å². The smallest absolute Gasteiger partial charge is 0.209 e. The molecule has 0 aliphatic carbocycles. The summed E-state index contributed by atoms with van der Waals surface area (Å²) in [6.07, 6.45) is 0. The Morgan fingerprint density at radius 1 is 1.04 bits per heavy atom. The van der Waals surface area contributed by atoms with E-state index in [1.165, 1.54) is 18.2 Å². The van der Waals surface area contributed by atoms with Gasteiger partial charge in [-0.1, -0.05) is 34.8 Å². The maximum absolute atomic E-state index is 13.0. The predicted molar refractivity (Wildman–Crippen MR) is 94.4 cm³/mol. The first-order chi connectivity index (χ1) is 10.7. The van der Waals surface area contributed by atoms with E-state index in [0.717, 1.165) is 0 Å². The van der Waals surface area contributed by atoms with E-state index < -0.39 is 9.84 Å². The highest BCUT2D eigenvalue weighted by Crippen LogP contribution is 2.37. The monoisotopic (exact) mass is 388 g/mol. The second-order valence-electron chi connectivity index (χ2n) is 5.08. The summed E-state index contributed by atoms with van der Waals surface area (Å²) >= 11 is 18.1. The number of nitrogen functional groups attached to an aromatic ring is 1. The second kappa shape index (κ2) is 5.60. The molecular weight excluding hydrogens is 379 g/mol. The number of nitrogens with one attached hydrogen (secondary N) is 1.